The quantitative estimate of drug-likeness (QED) is 0.755. The van der Waals surface area contributed by atoms with Crippen molar-refractivity contribution in [2.45, 2.75) is 41.0 Å². The highest BCUT2D eigenvalue weighted by Crippen LogP contribution is 2.41. The van der Waals surface area contributed by atoms with Crippen molar-refractivity contribution in [2.75, 3.05) is 12.4 Å². The number of hydrogen-bond acceptors (Lipinski definition) is 4. The summed E-state index contributed by atoms with van der Waals surface area (Å²) in [5.41, 5.74) is 4.58. The molecule has 1 amide bonds. The van der Waals surface area contributed by atoms with Crippen molar-refractivity contribution in [2.24, 2.45) is 5.92 Å². The lowest BCUT2D eigenvalue weighted by Crippen LogP contribution is -2.15. The van der Waals surface area contributed by atoms with E-state index in [1.807, 2.05) is 39.8 Å². The van der Waals surface area contributed by atoms with Gasteiger partial charge in [0.05, 0.1) is 7.11 Å². The zero-order chi connectivity index (χ0) is 18.7. The van der Waals surface area contributed by atoms with Crippen LogP contribution in [-0.4, -0.2) is 19.0 Å². The van der Waals surface area contributed by atoms with Gasteiger partial charge in [0.25, 0.3) is 0 Å². The molecular formula is C20H25NO3S. The Morgan fingerprint density at radius 1 is 1.16 bits per heavy atom. The minimum atomic E-state index is -0.433. The molecule has 0 bridgehead atoms. The Morgan fingerprint density at radius 3 is 2.40 bits per heavy atom. The molecule has 5 heteroatoms. The fourth-order valence-corrected chi connectivity index (χ4v) is 3.80. The van der Waals surface area contributed by atoms with Crippen LogP contribution >= 0.6 is 11.3 Å². The summed E-state index contributed by atoms with van der Waals surface area (Å²) >= 11 is 1.41. The van der Waals surface area contributed by atoms with Crippen molar-refractivity contribution >= 4 is 28.2 Å². The number of rotatable bonds is 5. The number of benzene rings is 1. The van der Waals surface area contributed by atoms with Gasteiger partial charge in [0.2, 0.25) is 5.91 Å². The predicted octanol–water partition coefficient (Wildman–Crippen LogP) is 5.11. The molecule has 134 valence electrons. The predicted molar refractivity (Wildman–Crippen MR) is 103 cm³/mol. The lowest BCUT2D eigenvalue weighted by Gasteiger charge is -2.10. The van der Waals surface area contributed by atoms with Crippen LogP contribution in [0.3, 0.4) is 0 Å². The number of hydrogen-bond donors (Lipinski definition) is 1. The maximum absolute atomic E-state index is 12.4. The van der Waals surface area contributed by atoms with Gasteiger partial charge >= 0.3 is 5.97 Å². The molecule has 2 rings (SSSR count). The third-order valence-electron chi connectivity index (χ3n) is 4.12. The van der Waals surface area contributed by atoms with Crippen LogP contribution in [0.4, 0.5) is 5.00 Å². The largest absolute Gasteiger partial charge is 0.465 e. The molecule has 1 aromatic carbocycles. The highest BCUT2D eigenvalue weighted by atomic mass is 32.1. The Morgan fingerprint density at radius 2 is 1.84 bits per heavy atom. The van der Waals surface area contributed by atoms with Crippen LogP contribution < -0.4 is 5.32 Å². The van der Waals surface area contributed by atoms with E-state index in [0.717, 1.165) is 21.6 Å². The Bertz CT molecular complexity index is 806. The Labute approximate surface area is 153 Å². The molecule has 0 fully saturated rings. The summed E-state index contributed by atoms with van der Waals surface area (Å²) in [6.07, 6.45) is 0.413. The summed E-state index contributed by atoms with van der Waals surface area (Å²) in [5.74, 6) is -0.271. The van der Waals surface area contributed by atoms with E-state index in [2.05, 4.69) is 18.3 Å². The molecule has 25 heavy (non-hydrogen) atoms. The molecule has 1 aromatic heterocycles. The van der Waals surface area contributed by atoms with Crippen LogP contribution in [0.15, 0.2) is 18.2 Å². The normalized spacial score (nSPS) is 10.8. The summed E-state index contributed by atoms with van der Waals surface area (Å²) in [6, 6.07) is 6.11. The first kappa shape index (κ1) is 19.2. The first-order chi connectivity index (χ1) is 11.7. The van der Waals surface area contributed by atoms with Crippen LogP contribution in [0, 0.1) is 26.7 Å². The Kier molecular flexibility index (Phi) is 6.01. The van der Waals surface area contributed by atoms with Gasteiger partial charge in [-0.25, -0.2) is 4.79 Å². The average Bonchev–Trinajstić information content (AvgIpc) is 2.84. The maximum atomic E-state index is 12.4. The fraction of sp³-hybridized carbons (Fsp3) is 0.400. The van der Waals surface area contributed by atoms with E-state index >= 15 is 0 Å². The molecule has 2 aromatic rings. The minimum absolute atomic E-state index is 0.0898. The third-order valence-corrected chi connectivity index (χ3v) is 5.14. The molecule has 0 saturated carbocycles. The van der Waals surface area contributed by atoms with Crippen molar-refractivity contribution < 1.29 is 14.3 Å². The third kappa shape index (κ3) is 4.28. The number of carbonyl (C=O) groups is 2. The van der Waals surface area contributed by atoms with Gasteiger partial charge in [0, 0.05) is 16.9 Å². The standard InChI is InChI=1S/C20H25NO3S/c1-11(2)9-16(22)21-19-18(20(23)24-6)17(14(5)25-19)15-8-7-12(3)13(4)10-15/h7-8,10-11H,9H2,1-6H3,(H,21,22). The van der Waals surface area contributed by atoms with E-state index in [1.165, 1.54) is 24.0 Å². The minimum Gasteiger partial charge on any atom is -0.465 e. The number of esters is 1. The lowest BCUT2D eigenvalue weighted by atomic mass is 9.97. The molecular weight excluding hydrogens is 334 g/mol. The molecule has 0 saturated heterocycles. The van der Waals surface area contributed by atoms with Crippen LogP contribution in [0.1, 0.15) is 46.6 Å². The van der Waals surface area contributed by atoms with Crippen LogP contribution in [0.5, 0.6) is 0 Å². The van der Waals surface area contributed by atoms with Crippen molar-refractivity contribution in [3.05, 3.63) is 39.8 Å². The Hall–Kier alpha value is -2.14. The second-order valence-corrected chi connectivity index (χ2v) is 7.90. The van der Waals surface area contributed by atoms with Gasteiger partial charge in [0.1, 0.15) is 10.6 Å². The second-order valence-electron chi connectivity index (χ2n) is 6.67. The van der Waals surface area contributed by atoms with E-state index in [4.69, 9.17) is 4.74 Å². The number of carbonyl (C=O) groups excluding carboxylic acids is 2. The van der Waals surface area contributed by atoms with E-state index < -0.39 is 5.97 Å². The van der Waals surface area contributed by atoms with E-state index in [-0.39, 0.29) is 11.8 Å². The van der Waals surface area contributed by atoms with E-state index in [1.54, 1.807) is 0 Å². The van der Waals surface area contributed by atoms with Gasteiger partial charge in [-0.3, -0.25) is 4.79 Å². The summed E-state index contributed by atoms with van der Waals surface area (Å²) in [5, 5.41) is 3.45. The van der Waals surface area contributed by atoms with E-state index in [0.29, 0.717) is 17.0 Å². The van der Waals surface area contributed by atoms with Gasteiger partial charge < -0.3 is 10.1 Å². The number of nitrogens with one attached hydrogen (secondary N) is 1. The van der Waals surface area contributed by atoms with Crippen LogP contribution in [0.25, 0.3) is 11.1 Å². The summed E-state index contributed by atoms with van der Waals surface area (Å²) < 4.78 is 4.99. The Balaban J connectivity index is 2.54. The van der Waals surface area contributed by atoms with Gasteiger partial charge in [-0.1, -0.05) is 32.0 Å². The highest BCUT2D eigenvalue weighted by Gasteiger charge is 2.25. The summed E-state index contributed by atoms with van der Waals surface area (Å²) in [4.78, 5) is 25.6. The van der Waals surface area contributed by atoms with Crippen molar-refractivity contribution in [3.63, 3.8) is 0 Å². The van der Waals surface area contributed by atoms with Crippen molar-refractivity contribution in [3.8, 4) is 11.1 Å². The zero-order valence-corrected chi connectivity index (χ0v) is 16.5. The maximum Gasteiger partial charge on any atom is 0.341 e. The van der Waals surface area contributed by atoms with Crippen LogP contribution in [0.2, 0.25) is 0 Å². The molecule has 0 unspecified atom stereocenters. The summed E-state index contributed by atoms with van der Waals surface area (Å²) in [6.45, 7) is 10.0. The average molecular weight is 359 g/mol. The second kappa shape index (κ2) is 7.83. The van der Waals surface area contributed by atoms with Crippen molar-refractivity contribution in [1.82, 2.24) is 0 Å². The van der Waals surface area contributed by atoms with Gasteiger partial charge in [-0.2, -0.15) is 0 Å². The SMILES string of the molecule is COC(=O)c1c(NC(=O)CC(C)C)sc(C)c1-c1ccc(C)c(C)c1. The monoisotopic (exact) mass is 359 g/mol. The number of ether oxygens (including phenoxy) is 1. The number of aryl methyl sites for hydroxylation is 3. The van der Waals surface area contributed by atoms with Gasteiger partial charge in [-0.05, 0) is 43.4 Å². The molecule has 0 radical (unpaired) electrons. The summed E-state index contributed by atoms with van der Waals surface area (Å²) in [7, 11) is 1.36. The molecule has 1 heterocycles. The number of methoxy groups -OCH3 is 1. The first-order valence-electron chi connectivity index (χ1n) is 8.33. The number of amides is 1. The van der Waals surface area contributed by atoms with E-state index in [9.17, 15) is 9.59 Å². The molecule has 4 nitrogen and oxygen atoms in total. The van der Waals surface area contributed by atoms with Crippen LogP contribution in [-0.2, 0) is 9.53 Å². The van der Waals surface area contributed by atoms with Gasteiger partial charge in [-0.15, -0.1) is 11.3 Å². The van der Waals surface area contributed by atoms with Crippen molar-refractivity contribution in [1.29, 1.82) is 0 Å². The number of anilines is 1. The smallest absolute Gasteiger partial charge is 0.341 e. The highest BCUT2D eigenvalue weighted by molar-refractivity contribution is 7.17. The lowest BCUT2D eigenvalue weighted by molar-refractivity contribution is -0.116. The topological polar surface area (TPSA) is 55.4 Å². The molecule has 0 aliphatic heterocycles. The molecule has 0 atom stereocenters. The molecule has 0 spiro atoms. The first-order valence-corrected chi connectivity index (χ1v) is 9.15. The zero-order valence-electron chi connectivity index (χ0n) is 15.6. The molecule has 1 N–H and O–H groups in total. The number of thiophene rings is 1. The molecule has 0 aliphatic rings. The molecule has 0 aliphatic carbocycles. The fourth-order valence-electron chi connectivity index (χ4n) is 2.72. The van der Waals surface area contributed by atoms with Gasteiger partial charge in [0.15, 0.2) is 0 Å².